The average molecular weight is 251 g/mol. The van der Waals surface area contributed by atoms with Gasteiger partial charge in [0.1, 0.15) is 5.69 Å². The van der Waals surface area contributed by atoms with Crippen molar-refractivity contribution in [1.82, 2.24) is 9.97 Å². The second kappa shape index (κ2) is 3.46. The largest absolute Gasteiger partial charge is 0.296 e. The van der Waals surface area contributed by atoms with E-state index < -0.39 is 0 Å². The third-order valence-corrected chi connectivity index (χ3v) is 2.44. The minimum absolute atomic E-state index is 0.399. The number of aryl methyl sites for hydroxylation is 1. The molecule has 0 spiro atoms. The van der Waals surface area contributed by atoms with Crippen LogP contribution < -0.4 is 0 Å². The van der Waals surface area contributed by atoms with Gasteiger partial charge in [0.05, 0.1) is 16.7 Å². The van der Waals surface area contributed by atoms with Crippen LogP contribution in [0.4, 0.5) is 0 Å². The fourth-order valence-corrected chi connectivity index (χ4v) is 1.59. The summed E-state index contributed by atoms with van der Waals surface area (Å²) >= 11 is 3.34. The van der Waals surface area contributed by atoms with E-state index >= 15 is 0 Å². The van der Waals surface area contributed by atoms with Crippen molar-refractivity contribution >= 4 is 33.2 Å². The van der Waals surface area contributed by atoms with Crippen molar-refractivity contribution in [2.24, 2.45) is 0 Å². The number of rotatable bonds is 1. The molecule has 0 saturated heterocycles. The van der Waals surface area contributed by atoms with E-state index in [1.165, 1.54) is 0 Å². The fourth-order valence-electron chi connectivity index (χ4n) is 1.24. The molecule has 0 N–H and O–H groups in total. The van der Waals surface area contributed by atoms with E-state index in [-0.39, 0.29) is 0 Å². The van der Waals surface area contributed by atoms with Crippen LogP contribution in [0.25, 0.3) is 11.0 Å². The average Bonchev–Trinajstić information content (AvgIpc) is 2.17. The maximum atomic E-state index is 10.6. The number of carbonyl (C=O) groups excluding carboxylic acids is 1. The summed E-state index contributed by atoms with van der Waals surface area (Å²) in [6.45, 7) is 1.78. The lowest BCUT2D eigenvalue weighted by atomic mass is 10.2. The van der Waals surface area contributed by atoms with Gasteiger partial charge in [-0.15, -0.1) is 0 Å². The first-order chi connectivity index (χ1) is 6.70. The van der Waals surface area contributed by atoms with Gasteiger partial charge in [0.25, 0.3) is 0 Å². The lowest BCUT2D eigenvalue weighted by molar-refractivity contribution is 0.111. The molecule has 0 unspecified atom stereocenters. The van der Waals surface area contributed by atoms with Crippen LogP contribution in [0.15, 0.2) is 22.7 Å². The Balaban J connectivity index is 2.79. The predicted octanol–water partition coefficient (Wildman–Crippen LogP) is 2.51. The minimum Gasteiger partial charge on any atom is -0.296 e. The molecular weight excluding hydrogens is 244 g/mol. The number of benzene rings is 1. The molecule has 2 rings (SSSR count). The van der Waals surface area contributed by atoms with Crippen LogP contribution in [0.2, 0.25) is 0 Å². The van der Waals surface area contributed by atoms with E-state index in [2.05, 4.69) is 25.9 Å². The van der Waals surface area contributed by atoms with Gasteiger partial charge in [0.15, 0.2) is 6.29 Å². The van der Waals surface area contributed by atoms with Crippen LogP contribution in [-0.2, 0) is 0 Å². The normalized spacial score (nSPS) is 10.4. The van der Waals surface area contributed by atoms with Gasteiger partial charge < -0.3 is 0 Å². The Morgan fingerprint density at radius 1 is 1.29 bits per heavy atom. The maximum Gasteiger partial charge on any atom is 0.170 e. The molecule has 0 aliphatic rings. The molecule has 1 aromatic heterocycles. The molecule has 0 saturated carbocycles. The highest BCUT2D eigenvalue weighted by Gasteiger charge is 2.03. The smallest absolute Gasteiger partial charge is 0.170 e. The highest BCUT2D eigenvalue weighted by molar-refractivity contribution is 9.10. The van der Waals surface area contributed by atoms with Gasteiger partial charge in [-0.2, -0.15) is 0 Å². The Kier molecular flexibility index (Phi) is 2.29. The van der Waals surface area contributed by atoms with Gasteiger partial charge in [-0.3, -0.25) is 4.79 Å². The Morgan fingerprint density at radius 3 is 2.79 bits per heavy atom. The first kappa shape index (κ1) is 9.27. The molecule has 4 heteroatoms. The van der Waals surface area contributed by atoms with Crippen LogP contribution in [0.3, 0.4) is 0 Å². The molecule has 0 radical (unpaired) electrons. The summed E-state index contributed by atoms with van der Waals surface area (Å²) in [5.41, 5.74) is 2.59. The van der Waals surface area contributed by atoms with Gasteiger partial charge in [-0.25, -0.2) is 9.97 Å². The van der Waals surface area contributed by atoms with Gasteiger partial charge in [0.2, 0.25) is 0 Å². The second-order valence-electron chi connectivity index (χ2n) is 2.95. The molecule has 1 heterocycles. The monoisotopic (exact) mass is 250 g/mol. The van der Waals surface area contributed by atoms with Gasteiger partial charge in [-0.1, -0.05) is 15.9 Å². The zero-order chi connectivity index (χ0) is 10.1. The first-order valence-corrected chi connectivity index (χ1v) is 4.89. The Hall–Kier alpha value is -1.29. The molecule has 0 bridgehead atoms. The van der Waals surface area contributed by atoms with Crippen LogP contribution in [0, 0.1) is 6.92 Å². The van der Waals surface area contributed by atoms with Crippen molar-refractivity contribution in [3.05, 3.63) is 34.1 Å². The van der Waals surface area contributed by atoms with Gasteiger partial charge in [0, 0.05) is 4.47 Å². The lowest BCUT2D eigenvalue weighted by Crippen LogP contribution is -1.96. The number of aromatic nitrogens is 2. The molecule has 3 nitrogen and oxygen atoms in total. The van der Waals surface area contributed by atoms with Crippen LogP contribution in [-0.4, -0.2) is 16.3 Å². The highest BCUT2D eigenvalue weighted by Crippen LogP contribution is 2.17. The number of nitrogens with zero attached hydrogens (tertiary/aromatic N) is 2. The van der Waals surface area contributed by atoms with Crippen molar-refractivity contribution in [1.29, 1.82) is 0 Å². The summed E-state index contributed by atoms with van der Waals surface area (Å²) in [4.78, 5) is 19.1. The third-order valence-electron chi connectivity index (χ3n) is 1.95. The van der Waals surface area contributed by atoms with Crippen molar-refractivity contribution in [3.63, 3.8) is 0 Å². The van der Waals surface area contributed by atoms with Gasteiger partial charge >= 0.3 is 0 Å². The number of fused-ring (bicyclic) bond motifs is 1. The molecule has 0 amide bonds. The number of hydrogen-bond acceptors (Lipinski definition) is 3. The zero-order valence-electron chi connectivity index (χ0n) is 7.49. The third kappa shape index (κ3) is 1.53. The lowest BCUT2D eigenvalue weighted by Gasteiger charge is -2.01. The highest BCUT2D eigenvalue weighted by atomic mass is 79.9. The van der Waals surface area contributed by atoms with E-state index in [4.69, 9.17) is 0 Å². The molecule has 0 aliphatic heterocycles. The van der Waals surface area contributed by atoms with E-state index in [9.17, 15) is 4.79 Å². The summed E-state index contributed by atoms with van der Waals surface area (Å²) < 4.78 is 0.931. The molecular formula is C10H7BrN2O. The second-order valence-corrected chi connectivity index (χ2v) is 3.86. The van der Waals surface area contributed by atoms with Gasteiger partial charge in [-0.05, 0) is 25.1 Å². The number of hydrogen-bond donors (Lipinski definition) is 0. The molecule has 1 aromatic carbocycles. The van der Waals surface area contributed by atoms with Crippen LogP contribution in [0.1, 0.15) is 16.2 Å². The quantitative estimate of drug-likeness (QED) is 0.731. The predicted molar refractivity (Wildman–Crippen MR) is 57.4 cm³/mol. The SMILES string of the molecule is Cc1nc2ccc(Br)cc2nc1C=O. The topological polar surface area (TPSA) is 42.9 Å². The Labute approximate surface area is 89.3 Å². The number of halogens is 1. The standard InChI is InChI=1S/C10H7BrN2O/c1-6-10(5-14)13-9-4-7(11)2-3-8(9)12-6/h2-5H,1H3. The summed E-state index contributed by atoms with van der Waals surface area (Å²) in [7, 11) is 0. The van der Waals surface area contributed by atoms with E-state index in [0.717, 1.165) is 21.8 Å². The van der Waals surface area contributed by atoms with E-state index in [1.54, 1.807) is 6.92 Å². The molecule has 0 fully saturated rings. The summed E-state index contributed by atoms with van der Waals surface area (Å²) in [6, 6.07) is 5.61. The maximum absolute atomic E-state index is 10.6. The fraction of sp³-hybridized carbons (Fsp3) is 0.100. The number of carbonyl (C=O) groups is 1. The molecule has 0 atom stereocenters. The Bertz CT molecular complexity index is 511. The van der Waals surface area contributed by atoms with E-state index in [1.807, 2.05) is 18.2 Å². The zero-order valence-corrected chi connectivity index (χ0v) is 9.08. The van der Waals surface area contributed by atoms with Crippen molar-refractivity contribution in [3.8, 4) is 0 Å². The van der Waals surface area contributed by atoms with Crippen molar-refractivity contribution in [2.75, 3.05) is 0 Å². The molecule has 2 aromatic rings. The van der Waals surface area contributed by atoms with Crippen LogP contribution in [0.5, 0.6) is 0 Å². The molecule has 14 heavy (non-hydrogen) atoms. The van der Waals surface area contributed by atoms with Crippen molar-refractivity contribution < 1.29 is 4.79 Å². The van der Waals surface area contributed by atoms with Crippen molar-refractivity contribution in [2.45, 2.75) is 6.92 Å². The van der Waals surface area contributed by atoms with Crippen LogP contribution >= 0.6 is 15.9 Å². The summed E-state index contributed by atoms with van der Waals surface area (Å²) in [6.07, 6.45) is 0.725. The first-order valence-electron chi connectivity index (χ1n) is 4.10. The summed E-state index contributed by atoms with van der Waals surface area (Å²) in [5, 5.41) is 0. The Morgan fingerprint density at radius 2 is 2.07 bits per heavy atom. The molecule has 70 valence electrons. The van der Waals surface area contributed by atoms with E-state index in [0.29, 0.717) is 11.4 Å². The minimum atomic E-state index is 0.399. The summed E-state index contributed by atoms with van der Waals surface area (Å²) in [5.74, 6) is 0. The molecule has 0 aliphatic carbocycles. The number of aldehydes is 1.